The number of nitrogens with two attached hydrogens (primary N) is 2. The lowest BCUT2D eigenvalue weighted by molar-refractivity contribution is 0.340. The van der Waals surface area contributed by atoms with Gasteiger partial charge in [-0.25, -0.2) is 4.98 Å². The molecule has 0 amide bonds. The van der Waals surface area contributed by atoms with Gasteiger partial charge in [-0.2, -0.15) is 4.98 Å². The van der Waals surface area contributed by atoms with Crippen molar-refractivity contribution in [1.29, 1.82) is 0 Å². The van der Waals surface area contributed by atoms with Crippen molar-refractivity contribution in [2.24, 2.45) is 0 Å². The molecule has 1 unspecified atom stereocenters. The zero-order valence-corrected chi connectivity index (χ0v) is 14.7. The number of rotatable bonds is 2. The van der Waals surface area contributed by atoms with Gasteiger partial charge in [0.2, 0.25) is 5.95 Å². The summed E-state index contributed by atoms with van der Waals surface area (Å²) in [6, 6.07) is 6.80. The van der Waals surface area contributed by atoms with Crippen molar-refractivity contribution in [2.75, 3.05) is 18.1 Å². The number of halogens is 2. The molecule has 0 bridgehead atoms. The monoisotopic (exact) mass is 376 g/mol. The van der Waals surface area contributed by atoms with Gasteiger partial charge in [-0.05, 0) is 18.2 Å². The van der Waals surface area contributed by atoms with Crippen molar-refractivity contribution in [2.45, 2.75) is 12.8 Å². The highest BCUT2D eigenvalue weighted by molar-refractivity contribution is 6.34. The van der Waals surface area contributed by atoms with Gasteiger partial charge in [-0.3, -0.25) is 0 Å². The predicted molar refractivity (Wildman–Crippen MR) is 98.8 cm³/mol. The zero-order valence-electron chi connectivity index (χ0n) is 13.2. The molecule has 1 aliphatic rings. The molecule has 3 aromatic rings. The Morgan fingerprint density at radius 2 is 1.84 bits per heavy atom. The smallest absolute Gasteiger partial charge is 0.222 e. The van der Waals surface area contributed by atoms with Crippen molar-refractivity contribution in [3.05, 3.63) is 39.9 Å². The molecular weight excluding hydrogens is 363 g/mol. The third-order valence-electron chi connectivity index (χ3n) is 4.02. The van der Waals surface area contributed by atoms with Crippen LogP contribution in [0.1, 0.15) is 18.4 Å². The molecule has 1 aromatic heterocycles. The number of benzene rings is 2. The maximum absolute atomic E-state index is 6.06. The van der Waals surface area contributed by atoms with Crippen LogP contribution in [0.2, 0.25) is 10.0 Å². The number of ether oxygens (including phenoxy) is 2. The molecule has 6 nitrogen and oxygen atoms in total. The second-order valence-corrected chi connectivity index (χ2v) is 6.77. The second-order valence-electron chi connectivity index (χ2n) is 5.90. The van der Waals surface area contributed by atoms with Gasteiger partial charge < -0.3 is 20.9 Å². The predicted octanol–water partition coefficient (Wildman–Crippen LogP) is 4.39. The number of nitrogen functional groups attached to an aromatic ring is 2. The van der Waals surface area contributed by atoms with Crippen molar-refractivity contribution >= 4 is 45.9 Å². The lowest BCUT2D eigenvalue weighted by atomic mass is 9.99. The van der Waals surface area contributed by atoms with Gasteiger partial charge in [-0.15, -0.1) is 0 Å². The van der Waals surface area contributed by atoms with Crippen molar-refractivity contribution in [1.82, 2.24) is 9.97 Å². The number of fused-ring (bicyclic) bond motifs is 3. The molecule has 25 heavy (non-hydrogen) atoms. The summed E-state index contributed by atoms with van der Waals surface area (Å²) in [5.41, 5.74) is 13.2. The molecule has 2 heterocycles. The first kappa shape index (κ1) is 16.1. The SMILES string of the molecule is CC1COc2c1c(Oc1cc(Cl)cc(Cl)c1)cc1nc(N)nc(N)c21. The fourth-order valence-corrected chi connectivity index (χ4v) is 3.51. The van der Waals surface area contributed by atoms with Crippen LogP contribution in [0.25, 0.3) is 10.9 Å². The summed E-state index contributed by atoms with van der Waals surface area (Å²) in [5.74, 6) is 2.25. The molecule has 128 valence electrons. The van der Waals surface area contributed by atoms with Crippen LogP contribution in [-0.2, 0) is 0 Å². The molecule has 0 radical (unpaired) electrons. The summed E-state index contributed by atoms with van der Waals surface area (Å²) < 4.78 is 11.9. The van der Waals surface area contributed by atoms with E-state index in [9.17, 15) is 0 Å². The Labute approximate surface area is 153 Å². The van der Waals surface area contributed by atoms with E-state index in [4.69, 9.17) is 44.1 Å². The second kappa shape index (κ2) is 5.82. The van der Waals surface area contributed by atoms with Gasteiger partial charge in [0, 0.05) is 27.6 Å². The van der Waals surface area contributed by atoms with E-state index in [1.54, 1.807) is 24.3 Å². The fourth-order valence-electron chi connectivity index (χ4n) is 3.01. The third-order valence-corrected chi connectivity index (χ3v) is 4.46. The maximum atomic E-state index is 6.06. The first-order valence-electron chi connectivity index (χ1n) is 7.58. The van der Waals surface area contributed by atoms with Gasteiger partial charge in [0.1, 0.15) is 23.1 Å². The van der Waals surface area contributed by atoms with E-state index in [0.717, 1.165) is 5.56 Å². The molecule has 0 spiro atoms. The van der Waals surface area contributed by atoms with Gasteiger partial charge in [-0.1, -0.05) is 30.1 Å². The lowest BCUT2D eigenvalue weighted by Crippen LogP contribution is -2.02. The lowest BCUT2D eigenvalue weighted by Gasteiger charge is -2.14. The Kier molecular flexibility index (Phi) is 3.74. The van der Waals surface area contributed by atoms with Gasteiger partial charge in [0.15, 0.2) is 0 Å². The summed E-state index contributed by atoms with van der Waals surface area (Å²) in [7, 11) is 0. The molecule has 4 rings (SSSR count). The van der Waals surface area contributed by atoms with Crippen LogP contribution in [0.5, 0.6) is 17.2 Å². The van der Waals surface area contributed by atoms with Crippen LogP contribution in [0.4, 0.5) is 11.8 Å². The average molecular weight is 377 g/mol. The number of hydrogen-bond acceptors (Lipinski definition) is 6. The Hall–Kier alpha value is -2.44. The highest BCUT2D eigenvalue weighted by Crippen LogP contribution is 2.48. The van der Waals surface area contributed by atoms with Crippen LogP contribution in [0, 0.1) is 0 Å². The third kappa shape index (κ3) is 2.77. The van der Waals surface area contributed by atoms with E-state index in [0.29, 0.717) is 44.8 Å². The zero-order chi connectivity index (χ0) is 17.7. The van der Waals surface area contributed by atoms with E-state index in [1.165, 1.54) is 0 Å². The van der Waals surface area contributed by atoms with Crippen LogP contribution in [0.3, 0.4) is 0 Å². The Bertz CT molecular complexity index is 990. The molecule has 0 saturated carbocycles. The van der Waals surface area contributed by atoms with Crippen LogP contribution in [0.15, 0.2) is 24.3 Å². The summed E-state index contributed by atoms with van der Waals surface area (Å²) in [6.45, 7) is 2.56. The molecule has 4 N–H and O–H groups in total. The van der Waals surface area contributed by atoms with Crippen LogP contribution < -0.4 is 20.9 Å². The molecule has 1 atom stereocenters. The molecular formula is C17H14Cl2N4O2. The molecule has 0 fully saturated rings. The number of nitrogens with zero attached hydrogens (tertiary/aromatic N) is 2. The van der Waals surface area contributed by atoms with E-state index in [1.807, 2.05) is 6.92 Å². The number of hydrogen-bond donors (Lipinski definition) is 2. The standard InChI is InChI=1S/C17H14Cl2N4O2/c1-7-6-24-15-13(7)12(25-10-3-8(18)2-9(19)4-10)5-11-14(15)16(20)23-17(21)22-11/h2-5,7H,6H2,1H3,(H4,20,21,22,23). The quantitative estimate of drug-likeness (QED) is 0.688. The topological polar surface area (TPSA) is 96.3 Å². The molecule has 0 saturated heterocycles. The van der Waals surface area contributed by atoms with E-state index >= 15 is 0 Å². The molecule has 1 aliphatic heterocycles. The Morgan fingerprint density at radius 3 is 2.56 bits per heavy atom. The highest BCUT2D eigenvalue weighted by Gasteiger charge is 2.29. The van der Waals surface area contributed by atoms with Gasteiger partial charge >= 0.3 is 0 Å². The molecule has 0 aliphatic carbocycles. The minimum atomic E-state index is 0.0905. The minimum Gasteiger partial charge on any atom is -0.492 e. The minimum absolute atomic E-state index is 0.0905. The van der Waals surface area contributed by atoms with Gasteiger partial charge in [0.05, 0.1) is 17.5 Å². The summed E-state index contributed by atoms with van der Waals surface area (Å²) >= 11 is 12.1. The highest BCUT2D eigenvalue weighted by atomic mass is 35.5. The number of anilines is 2. The number of aromatic nitrogens is 2. The van der Waals surface area contributed by atoms with Crippen molar-refractivity contribution < 1.29 is 9.47 Å². The van der Waals surface area contributed by atoms with E-state index < -0.39 is 0 Å². The van der Waals surface area contributed by atoms with Crippen molar-refractivity contribution in [3.63, 3.8) is 0 Å². The van der Waals surface area contributed by atoms with Crippen molar-refractivity contribution in [3.8, 4) is 17.2 Å². The van der Waals surface area contributed by atoms with Crippen LogP contribution in [-0.4, -0.2) is 16.6 Å². The maximum Gasteiger partial charge on any atom is 0.222 e. The molecule has 2 aromatic carbocycles. The largest absolute Gasteiger partial charge is 0.492 e. The summed E-state index contributed by atoms with van der Waals surface area (Å²) in [6.07, 6.45) is 0. The first-order valence-corrected chi connectivity index (χ1v) is 8.34. The van der Waals surface area contributed by atoms with Crippen LogP contribution >= 0.6 is 23.2 Å². The summed E-state index contributed by atoms with van der Waals surface area (Å²) in [4.78, 5) is 8.28. The normalized spacial score (nSPS) is 15.9. The van der Waals surface area contributed by atoms with Gasteiger partial charge in [0.25, 0.3) is 0 Å². The first-order chi connectivity index (χ1) is 11.9. The average Bonchev–Trinajstić information content (AvgIpc) is 2.87. The Balaban J connectivity index is 1.93. The van der Waals surface area contributed by atoms with E-state index in [2.05, 4.69) is 9.97 Å². The molecule has 8 heteroatoms. The van der Waals surface area contributed by atoms with E-state index in [-0.39, 0.29) is 17.7 Å². The summed E-state index contributed by atoms with van der Waals surface area (Å²) in [5, 5.41) is 1.62. The fraction of sp³-hybridized carbons (Fsp3) is 0.176. The Morgan fingerprint density at radius 1 is 1.12 bits per heavy atom.